The molecule has 0 atom stereocenters. The second kappa shape index (κ2) is 5.59. The molecule has 0 saturated heterocycles. The summed E-state index contributed by atoms with van der Waals surface area (Å²) in [6.07, 6.45) is 0.689. The highest BCUT2D eigenvalue weighted by molar-refractivity contribution is 5.77. The van der Waals surface area contributed by atoms with Gasteiger partial charge < -0.3 is 5.11 Å². The zero-order valence-corrected chi connectivity index (χ0v) is 12.2. The largest absolute Gasteiger partial charge is 0.479 e. The summed E-state index contributed by atoms with van der Waals surface area (Å²) in [5.74, 6) is -0.989. The Balaban J connectivity index is 2.61. The number of aliphatic carboxylic acids is 1. The Kier molecular flexibility index (Phi) is 4.02. The van der Waals surface area contributed by atoms with E-state index < -0.39 is 11.5 Å². The van der Waals surface area contributed by atoms with E-state index in [1.807, 2.05) is 0 Å². The fourth-order valence-electron chi connectivity index (χ4n) is 2.38. The summed E-state index contributed by atoms with van der Waals surface area (Å²) in [6.45, 7) is 5.19. The second-order valence-electron chi connectivity index (χ2n) is 4.92. The van der Waals surface area contributed by atoms with E-state index in [1.54, 1.807) is 32.9 Å². The zero-order valence-electron chi connectivity index (χ0n) is 12.2. The molecule has 2 aromatic rings. The number of aryl methyl sites for hydroxylation is 1. The number of benzene rings is 1. The van der Waals surface area contributed by atoms with Gasteiger partial charge in [0.1, 0.15) is 5.82 Å². The number of hydrogen-bond acceptors (Lipinski definition) is 4. The SMILES string of the molecule is CCC(CC)(C(=O)O)n1nnnc1-c1ccc(F)c(C)c1. The van der Waals surface area contributed by atoms with Crippen molar-refractivity contribution in [2.45, 2.75) is 39.2 Å². The van der Waals surface area contributed by atoms with Crippen molar-refractivity contribution in [1.29, 1.82) is 0 Å². The Hall–Kier alpha value is -2.31. The van der Waals surface area contributed by atoms with Gasteiger partial charge in [-0.1, -0.05) is 13.8 Å². The van der Waals surface area contributed by atoms with Crippen LogP contribution in [0.25, 0.3) is 11.4 Å². The fraction of sp³-hybridized carbons (Fsp3) is 0.429. The number of tetrazole rings is 1. The summed E-state index contributed by atoms with van der Waals surface area (Å²) in [5.41, 5.74) is -0.163. The molecule has 2 rings (SSSR count). The molecule has 0 saturated carbocycles. The van der Waals surface area contributed by atoms with Crippen LogP contribution in [0.4, 0.5) is 4.39 Å². The van der Waals surface area contributed by atoms with Gasteiger partial charge in [-0.05, 0) is 54.0 Å². The number of carbonyl (C=O) groups is 1. The van der Waals surface area contributed by atoms with Crippen LogP contribution in [0.15, 0.2) is 18.2 Å². The van der Waals surface area contributed by atoms with E-state index in [0.29, 0.717) is 29.8 Å². The Morgan fingerprint density at radius 1 is 1.38 bits per heavy atom. The lowest BCUT2D eigenvalue weighted by Crippen LogP contribution is -2.42. The maximum absolute atomic E-state index is 13.4. The molecule has 1 N–H and O–H groups in total. The van der Waals surface area contributed by atoms with E-state index in [2.05, 4.69) is 15.5 Å². The molecule has 0 fully saturated rings. The molecule has 0 aliphatic carbocycles. The van der Waals surface area contributed by atoms with Crippen LogP contribution in [-0.4, -0.2) is 31.3 Å². The first-order chi connectivity index (χ1) is 9.96. The molecule has 0 aliphatic rings. The van der Waals surface area contributed by atoms with Gasteiger partial charge in [0.2, 0.25) is 0 Å². The quantitative estimate of drug-likeness (QED) is 0.915. The highest BCUT2D eigenvalue weighted by Gasteiger charge is 2.40. The molecule has 0 aliphatic heterocycles. The fourth-order valence-corrected chi connectivity index (χ4v) is 2.38. The third-order valence-electron chi connectivity index (χ3n) is 3.86. The summed E-state index contributed by atoms with van der Waals surface area (Å²) in [6, 6.07) is 4.47. The molecule has 21 heavy (non-hydrogen) atoms. The van der Waals surface area contributed by atoms with E-state index in [9.17, 15) is 14.3 Å². The van der Waals surface area contributed by atoms with Crippen LogP contribution in [0.2, 0.25) is 0 Å². The van der Waals surface area contributed by atoms with Gasteiger partial charge in [0, 0.05) is 5.56 Å². The molecule has 112 valence electrons. The zero-order chi connectivity index (χ0) is 15.6. The Bertz CT molecular complexity index is 665. The number of nitrogens with zero attached hydrogens (tertiary/aromatic N) is 4. The van der Waals surface area contributed by atoms with Gasteiger partial charge >= 0.3 is 5.97 Å². The Labute approximate surface area is 121 Å². The molecule has 6 nitrogen and oxygen atoms in total. The van der Waals surface area contributed by atoms with Crippen molar-refractivity contribution in [2.24, 2.45) is 0 Å². The average molecular weight is 292 g/mol. The van der Waals surface area contributed by atoms with E-state index in [-0.39, 0.29) is 5.82 Å². The van der Waals surface area contributed by atoms with Gasteiger partial charge in [-0.3, -0.25) is 0 Å². The van der Waals surface area contributed by atoms with Crippen molar-refractivity contribution in [3.8, 4) is 11.4 Å². The summed E-state index contributed by atoms with van der Waals surface area (Å²) in [5, 5.41) is 21.0. The number of carboxylic acids is 1. The van der Waals surface area contributed by atoms with Crippen LogP contribution in [0.3, 0.4) is 0 Å². The van der Waals surface area contributed by atoms with Gasteiger partial charge in [0.15, 0.2) is 11.4 Å². The van der Waals surface area contributed by atoms with E-state index >= 15 is 0 Å². The Morgan fingerprint density at radius 2 is 2.05 bits per heavy atom. The van der Waals surface area contributed by atoms with Gasteiger partial charge in [-0.15, -0.1) is 5.10 Å². The third kappa shape index (κ3) is 2.39. The average Bonchev–Trinajstić information content (AvgIpc) is 2.93. The lowest BCUT2D eigenvalue weighted by molar-refractivity contribution is -0.148. The van der Waals surface area contributed by atoms with Crippen LogP contribution in [-0.2, 0) is 10.3 Å². The van der Waals surface area contributed by atoms with Crippen LogP contribution in [0, 0.1) is 12.7 Å². The minimum Gasteiger partial charge on any atom is -0.479 e. The second-order valence-corrected chi connectivity index (χ2v) is 4.92. The molecule has 0 amide bonds. The van der Waals surface area contributed by atoms with Crippen LogP contribution < -0.4 is 0 Å². The van der Waals surface area contributed by atoms with Gasteiger partial charge in [0.25, 0.3) is 0 Å². The molecule has 7 heteroatoms. The number of hydrogen-bond donors (Lipinski definition) is 1. The number of carboxylic acid groups (broad SMARTS) is 1. The first-order valence-electron chi connectivity index (χ1n) is 6.75. The van der Waals surface area contributed by atoms with Crippen molar-refractivity contribution in [1.82, 2.24) is 20.2 Å². The van der Waals surface area contributed by atoms with Gasteiger partial charge in [-0.2, -0.15) is 0 Å². The standard InChI is InChI=1S/C14H17FN4O2/c1-4-14(5-2,13(20)21)19-12(16-17-18-19)10-6-7-11(15)9(3)8-10/h6-8H,4-5H2,1-3H3,(H,20,21). The third-order valence-corrected chi connectivity index (χ3v) is 3.86. The van der Waals surface area contributed by atoms with Crippen LogP contribution in [0.1, 0.15) is 32.3 Å². The molecule has 1 aromatic heterocycles. The van der Waals surface area contributed by atoms with Gasteiger partial charge in [0.05, 0.1) is 0 Å². The molecule has 0 spiro atoms. The lowest BCUT2D eigenvalue weighted by atomic mass is 9.92. The molecular formula is C14H17FN4O2. The normalized spacial score (nSPS) is 11.6. The smallest absolute Gasteiger partial charge is 0.331 e. The highest BCUT2D eigenvalue weighted by Crippen LogP contribution is 2.30. The minimum absolute atomic E-state index is 0.323. The first-order valence-corrected chi connectivity index (χ1v) is 6.75. The maximum Gasteiger partial charge on any atom is 0.331 e. The van der Waals surface area contributed by atoms with E-state index in [1.165, 1.54) is 10.7 Å². The van der Waals surface area contributed by atoms with Crippen molar-refractivity contribution in [3.63, 3.8) is 0 Å². The molecule has 1 heterocycles. The summed E-state index contributed by atoms with van der Waals surface area (Å²) >= 11 is 0. The summed E-state index contributed by atoms with van der Waals surface area (Å²) in [4.78, 5) is 11.7. The maximum atomic E-state index is 13.4. The highest BCUT2D eigenvalue weighted by atomic mass is 19.1. The molecule has 0 radical (unpaired) electrons. The number of aromatic nitrogens is 4. The predicted molar refractivity (Wildman–Crippen MR) is 74.1 cm³/mol. The molecule has 0 bridgehead atoms. The van der Waals surface area contributed by atoms with Crippen molar-refractivity contribution < 1.29 is 14.3 Å². The molecule has 1 aromatic carbocycles. The minimum atomic E-state index is -1.21. The van der Waals surface area contributed by atoms with Crippen molar-refractivity contribution >= 4 is 5.97 Å². The summed E-state index contributed by atoms with van der Waals surface area (Å²) in [7, 11) is 0. The number of rotatable bonds is 5. The van der Waals surface area contributed by atoms with Crippen LogP contribution in [0.5, 0.6) is 0 Å². The Morgan fingerprint density at radius 3 is 2.57 bits per heavy atom. The van der Waals surface area contributed by atoms with Crippen LogP contribution >= 0.6 is 0 Å². The topological polar surface area (TPSA) is 80.9 Å². The first kappa shape index (κ1) is 15.1. The van der Waals surface area contributed by atoms with E-state index in [0.717, 1.165) is 0 Å². The van der Waals surface area contributed by atoms with Gasteiger partial charge in [-0.25, -0.2) is 13.9 Å². The van der Waals surface area contributed by atoms with E-state index in [4.69, 9.17) is 0 Å². The summed E-state index contributed by atoms with van der Waals surface area (Å²) < 4.78 is 14.7. The van der Waals surface area contributed by atoms with Crippen molar-refractivity contribution in [3.05, 3.63) is 29.6 Å². The predicted octanol–water partition coefficient (Wildman–Crippen LogP) is 2.39. The number of halogens is 1. The molecule has 0 unspecified atom stereocenters. The molecular weight excluding hydrogens is 275 g/mol. The lowest BCUT2D eigenvalue weighted by Gasteiger charge is -2.27. The van der Waals surface area contributed by atoms with Crippen molar-refractivity contribution in [2.75, 3.05) is 0 Å². The monoisotopic (exact) mass is 292 g/mol.